The van der Waals surface area contributed by atoms with Crippen LogP contribution >= 0.6 is 11.6 Å². The molecule has 1 heterocycles. The second-order valence-electron chi connectivity index (χ2n) is 3.63. The molecule has 18 heavy (non-hydrogen) atoms. The molecule has 92 valence electrons. The number of nitrogens with one attached hydrogen (secondary N) is 2. The topological polar surface area (TPSA) is 54.0 Å². The van der Waals surface area contributed by atoms with Crippen LogP contribution in [0.15, 0.2) is 42.7 Å². The van der Waals surface area contributed by atoms with Gasteiger partial charge < -0.3 is 10.6 Å². The van der Waals surface area contributed by atoms with Gasteiger partial charge in [0, 0.05) is 35.8 Å². The Labute approximate surface area is 110 Å². The molecule has 0 atom stereocenters. The quantitative estimate of drug-likeness (QED) is 0.893. The first-order chi connectivity index (χ1) is 8.70. The zero-order valence-corrected chi connectivity index (χ0v) is 10.5. The molecular weight excluding hydrogens is 250 g/mol. The number of carbonyl (C=O) groups is 1. The van der Waals surface area contributed by atoms with E-state index in [1.807, 2.05) is 0 Å². The van der Waals surface area contributed by atoms with Crippen LogP contribution < -0.4 is 10.6 Å². The molecule has 0 aliphatic carbocycles. The van der Waals surface area contributed by atoms with E-state index in [1.54, 1.807) is 43.6 Å². The molecule has 2 N–H and O–H groups in total. The monoisotopic (exact) mass is 261 g/mol. The van der Waals surface area contributed by atoms with Gasteiger partial charge in [0.15, 0.2) is 0 Å². The highest BCUT2D eigenvalue weighted by Crippen LogP contribution is 2.17. The summed E-state index contributed by atoms with van der Waals surface area (Å²) < 4.78 is 0. The maximum atomic E-state index is 12.1. The molecule has 2 rings (SSSR count). The van der Waals surface area contributed by atoms with E-state index in [1.165, 1.54) is 6.20 Å². The lowest BCUT2D eigenvalue weighted by molar-refractivity contribution is 0.102. The van der Waals surface area contributed by atoms with E-state index in [9.17, 15) is 4.79 Å². The second-order valence-corrected chi connectivity index (χ2v) is 4.07. The van der Waals surface area contributed by atoms with Crippen molar-refractivity contribution in [3.05, 3.63) is 53.3 Å². The summed E-state index contributed by atoms with van der Waals surface area (Å²) in [5, 5.41) is 6.36. The average molecular weight is 262 g/mol. The van der Waals surface area contributed by atoms with Gasteiger partial charge in [0.2, 0.25) is 0 Å². The largest absolute Gasteiger partial charge is 0.387 e. The number of hydrogen-bond acceptors (Lipinski definition) is 3. The highest BCUT2D eigenvalue weighted by Gasteiger charge is 2.10. The Bertz CT molecular complexity index is 554. The minimum Gasteiger partial charge on any atom is -0.387 e. The summed E-state index contributed by atoms with van der Waals surface area (Å²) in [6, 6.07) is 8.68. The molecule has 0 bridgehead atoms. The van der Waals surface area contributed by atoms with Crippen molar-refractivity contribution in [1.29, 1.82) is 0 Å². The zero-order valence-electron chi connectivity index (χ0n) is 9.77. The fourth-order valence-electron chi connectivity index (χ4n) is 1.53. The summed E-state index contributed by atoms with van der Waals surface area (Å²) in [5.41, 5.74) is 1.92. The van der Waals surface area contributed by atoms with Gasteiger partial charge in [0.05, 0.1) is 5.56 Å². The highest BCUT2D eigenvalue weighted by molar-refractivity contribution is 6.30. The molecular formula is C13H12ClN3O. The van der Waals surface area contributed by atoms with Gasteiger partial charge in [0.1, 0.15) is 0 Å². The third-order valence-electron chi connectivity index (χ3n) is 2.44. The van der Waals surface area contributed by atoms with Gasteiger partial charge in [-0.25, -0.2) is 0 Å². The summed E-state index contributed by atoms with van der Waals surface area (Å²) in [6.45, 7) is 0. The van der Waals surface area contributed by atoms with Crippen LogP contribution in [0.5, 0.6) is 0 Å². The molecule has 0 radical (unpaired) electrons. The van der Waals surface area contributed by atoms with Crippen LogP contribution in [-0.2, 0) is 0 Å². The fourth-order valence-corrected chi connectivity index (χ4v) is 1.65. The molecule has 0 unspecified atom stereocenters. The lowest BCUT2D eigenvalue weighted by atomic mass is 10.2. The highest BCUT2D eigenvalue weighted by atomic mass is 35.5. The number of carbonyl (C=O) groups excluding carboxylic acids is 1. The number of benzene rings is 1. The first kappa shape index (κ1) is 12.4. The van der Waals surface area contributed by atoms with E-state index >= 15 is 0 Å². The molecule has 1 amide bonds. The number of pyridine rings is 1. The lowest BCUT2D eigenvalue weighted by Crippen LogP contribution is -2.14. The van der Waals surface area contributed by atoms with Crippen molar-refractivity contribution >= 4 is 28.9 Å². The van der Waals surface area contributed by atoms with Crippen LogP contribution in [0.4, 0.5) is 11.4 Å². The first-order valence-corrected chi connectivity index (χ1v) is 5.77. The Balaban J connectivity index is 2.19. The molecule has 0 spiro atoms. The number of rotatable bonds is 3. The Morgan fingerprint density at radius 3 is 2.61 bits per heavy atom. The van der Waals surface area contributed by atoms with Crippen molar-refractivity contribution in [2.24, 2.45) is 0 Å². The van der Waals surface area contributed by atoms with E-state index < -0.39 is 0 Å². The number of hydrogen-bond donors (Lipinski definition) is 2. The summed E-state index contributed by atoms with van der Waals surface area (Å²) >= 11 is 5.78. The van der Waals surface area contributed by atoms with Crippen LogP contribution in [0.25, 0.3) is 0 Å². The summed E-state index contributed by atoms with van der Waals surface area (Å²) in [6.07, 6.45) is 3.15. The normalized spacial score (nSPS) is 9.89. The Hall–Kier alpha value is -2.07. The fraction of sp³-hybridized carbons (Fsp3) is 0.0769. The van der Waals surface area contributed by atoms with Gasteiger partial charge in [-0.05, 0) is 30.3 Å². The molecule has 1 aromatic heterocycles. The molecule has 0 saturated carbocycles. The van der Waals surface area contributed by atoms with Gasteiger partial charge in [-0.2, -0.15) is 0 Å². The van der Waals surface area contributed by atoms with E-state index in [0.29, 0.717) is 16.3 Å². The van der Waals surface area contributed by atoms with Gasteiger partial charge >= 0.3 is 0 Å². The lowest BCUT2D eigenvalue weighted by Gasteiger charge is -2.09. The van der Waals surface area contributed by atoms with Crippen LogP contribution in [-0.4, -0.2) is 17.9 Å². The second kappa shape index (κ2) is 5.51. The van der Waals surface area contributed by atoms with Crippen molar-refractivity contribution in [1.82, 2.24) is 4.98 Å². The van der Waals surface area contributed by atoms with Gasteiger partial charge in [-0.3, -0.25) is 9.78 Å². The van der Waals surface area contributed by atoms with Crippen molar-refractivity contribution in [3.8, 4) is 0 Å². The molecule has 0 saturated heterocycles. The minimum atomic E-state index is -0.213. The Morgan fingerprint density at radius 1 is 1.22 bits per heavy atom. The van der Waals surface area contributed by atoms with Crippen molar-refractivity contribution < 1.29 is 4.79 Å². The number of aromatic nitrogens is 1. The molecule has 0 aliphatic heterocycles. The number of halogens is 1. The standard InChI is InChI=1S/C13H12ClN3O/c1-15-12-6-7-16-8-11(12)13(18)17-10-4-2-9(14)3-5-10/h2-8H,1H3,(H,15,16)(H,17,18). The summed E-state index contributed by atoms with van der Waals surface area (Å²) in [7, 11) is 1.76. The van der Waals surface area contributed by atoms with E-state index in [-0.39, 0.29) is 5.91 Å². The van der Waals surface area contributed by atoms with Crippen LogP contribution in [0.3, 0.4) is 0 Å². The molecule has 1 aromatic carbocycles. The molecule has 2 aromatic rings. The molecule has 0 aliphatic rings. The van der Waals surface area contributed by atoms with Gasteiger partial charge in [-0.15, -0.1) is 0 Å². The minimum absolute atomic E-state index is 0.213. The molecule has 4 nitrogen and oxygen atoms in total. The van der Waals surface area contributed by atoms with Crippen LogP contribution in [0.2, 0.25) is 5.02 Å². The van der Waals surface area contributed by atoms with Crippen molar-refractivity contribution in [2.75, 3.05) is 17.7 Å². The average Bonchev–Trinajstić information content (AvgIpc) is 2.41. The van der Waals surface area contributed by atoms with Crippen LogP contribution in [0.1, 0.15) is 10.4 Å². The predicted molar refractivity (Wildman–Crippen MR) is 73.2 cm³/mol. The predicted octanol–water partition coefficient (Wildman–Crippen LogP) is 3.03. The Morgan fingerprint density at radius 2 is 1.94 bits per heavy atom. The maximum absolute atomic E-state index is 12.1. The van der Waals surface area contributed by atoms with Gasteiger partial charge in [0.25, 0.3) is 5.91 Å². The number of nitrogens with zero attached hydrogens (tertiary/aromatic N) is 1. The first-order valence-electron chi connectivity index (χ1n) is 5.39. The summed E-state index contributed by atoms with van der Waals surface area (Å²) in [5.74, 6) is -0.213. The Kier molecular flexibility index (Phi) is 3.79. The third-order valence-corrected chi connectivity index (χ3v) is 2.69. The van der Waals surface area contributed by atoms with E-state index in [4.69, 9.17) is 11.6 Å². The maximum Gasteiger partial charge on any atom is 0.259 e. The van der Waals surface area contributed by atoms with Crippen LogP contribution in [0, 0.1) is 0 Å². The SMILES string of the molecule is CNc1ccncc1C(=O)Nc1ccc(Cl)cc1. The third kappa shape index (κ3) is 2.78. The van der Waals surface area contributed by atoms with E-state index in [0.717, 1.165) is 5.69 Å². The zero-order chi connectivity index (χ0) is 13.0. The number of anilines is 2. The smallest absolute Gasteiger partial charge is 0.259 e. The molecule has 5 heteroatoms. The van der Waals surface area contributed by atoms with E-state index in [2.05, 4.69) is 15.6 Å². The van der Waals surface area contributed by atoms with Crippen molar-refractivity contribution in [2.45, 2.75) is 0 Å². The number of amides is 1. The summed E-state index contributed by atoms with van der Waals surface area (Å²) in [4.78, 5) is 16.0. The van der Waals surface area contributed by atoms with Gasteiger partial charge in [-0.1, -0.05) is 11.6 Å². The molecule has 0 fully saturated rings. The van der Waals surface area contributed by atoms with Crippen molar-refractivity contribution in [3.63, 3.8) is 0 Å².